The third kappa shape index (κ3) is 3.60. The van der Waals surface area contributed by atoms with Crippen LogP contribution in [0, 0.1) is 17.1 Å². The Balaban J connectivity index is 1.57. The number of amides is 3. The number of benzene rings is 1. The number of nitrogens with zero attached hydrogens (tertiary/aromatic N) is 5. The second-order valence-corrected chi connectivity index (χ2v) is 7.02. The molecule has 5 rings (SSSR count). The van der Waals surface area contributed by atoms with Crippen molar-refractivity contribution in [1.82, 2.24) is 30.2 Å². The predicted molar refractivity (Wildman–Crippen MR) is 106 cm³/mol. The van der Waals surface area contributed by atoms with Gasteiger partial charge in [-0.05, 0) is 37.1 Å². The standard InChI is InChI=1S/C19H14FN9O2/c20-12-5-9(7-21)1-4-13(12)24-17-26-15-10(6-14-16(30)27-19(31)25-14)8-22-29(15)18(28-17)23-11-2-3-11/h1,4-6,8,11H,2-3H2,(H2,23,24,26,28)(H2,25,27,30,31)/b14-6-. The molecule has 0 bridgehead atoms. The minimum absolute atomic E-state index is 0.0582. The summed E-state index contributed by atoms with van der Waals surface area (Å²) in [6, 6.07) is 5.53. The predicted octanol–water partition coefficient (Wildman–Crippen LogP) is 1.63. The molecule has 154 valence electrons. The van der Waals surface area contributed by atoms with Gasteiger partial charge < -0.3 is 16.0 Å². The van der Waals surface area contributed by atoms with Crippen LogP contribution in [0.5, 0.6) is 0 Å². The highest BCUT2D eigenvalue weighted by Crippen LogP contribution is 2.27. The van der Waals surface area contributed by atoms with Gasteiger partial charge in [0.2, 0.25) is 11.9 Å². The average molecular weight is 419 g/mol. The SMILES string of the molecule is N#Cc1ccc(Nc2nc(NC3CC3)n3ncc(/C=C4\NC(=O)NC4=O)c3n2)c(F)c1. The number of carbonyl (C=O) groups excluding carboxylic acids is 2. The molecule has 1 aliphatic carbocycles. The Bertz CT molecular complexity index is 1320. The highest BCUT2D eigenvalue weighted by Gasteiger charge is 2.26. The topological polar surface area (TPSA) is 149 Å². The Morgan fingerprint density at radius 1 is 1.26 bits per heavy atom. The maximum Gasteiger partial charge on any atom is 0.326 e. The highest BCUT2D eigenvalue weighted by atomic mass is 19.1. The maximum absolute atomic E-state index is 14.3. The Kier molecular flexibility index (Phi) is 4.21. The van der Waals surface area contributed by atoms with Crippen LogP contribution in [0.4, 0.5) is 26.8 Å². The van der Waals surface area contributed by atoms with Crippen molar-refractivity contribution in [2.75, 3.05) is 10.6 Å². The van der Waals surface area contributed by atoms with E-state index < -0.39 is 17.8 Å². The number of nitriles is 1. The fourth-order valence-corrected chi connectivity index (χ4v) is 3.00. The van der Waals surface area contributed by atoms with Crippen molar-refractivity contribution in [3.8, 4) is 6.07 Å². The number of urea groups is 1. The van der Waals surface area contributed by atoms with E-state index in [4.69, 9.17) is 5.26 Å². The van der Waals surface area contributed by atoms with Crippen LogP contribution < -0.4 is 21.3 Å². The van der Waals surface area contributed by atoms with Crippen LogP contribution in [0.2, 0.25) is 0 Å². The van der Waals surface area contributed by atoms with Gasteiger partial charge in [-0.2, -0.15) is 24.8 Å². The fraction of sp³-hybridized carbons (Fsp3) is 0.158. The molecule has 2 aliphatic rings. The van der Waals surface area contributed by atoms with E-state index >= 15 is 0 Å². The first-order chi connectivity index (χ1) is 15.0. The summed E-state index contributed by atoms with van der Waals surface area (Å²) >= 11 is 0. The normalized spacial score (nSPS) is 16.8. The van der Waals surface area contributed by atoms with Crippen LogP contribution >= 0.6 is 0 Å². The van der Waals surface area contributed by atoms with Gasteiger partial charge in [0.05, 0.1) is 23.5 Å². The number of hydrogen-bond donors (Lipinski definition) is 4. The zero-order valence-corrected chi connectivity index (χ0v) is 15.8. The quantitative estimate of drug-likeness (QED) is 0.360. The van der Waals surface area contributed by atoms with Crippen LogP contribution in [0.15, 0.2) is 30.1 Å². The van der Waals surface area contributed by atoms with Gasteiger partial charge in [0.25, 0.3) is 5.91 Å². The molecule has 11 nitrogen and oxygen atoms in total. The van der Waals surface area contributed by atoms with Crippen molar-refractivity contribution in [3.05, 3.63) is 47.0 Å². The second kappa shape index (κ2) is 7.06. The lowest BCUT2D eigenvalue weighted by Crippen LogP contribution is -2.22. The first-order valence-electron chi connectivity index (χ1n) is 9.33. The van der Waals surface area contributed by atoms with Gasteiger partial charge in [0.15, 0.2) is 5.65 Å². The lowest BCUT2D eigenvalue weighted by atomic mass is 10.2. The number of rotatable bonds is 5. The smallest absolute Gasteiger partial charge is 0.326 e. The molecule has 0 atom stereocenters. The van der Waals surface area contributed by atoms with Gasteiger partial charge in [-0.15, -0.1) is 0 Å². The molecule has 1 saturated carbocycles. The summed E-state index contributed by atoms with van der Waals surface area (Å²) in [4.78, 5) is 32.0. The lowest BCUT2D eigenvalue weighted by molar-refractivity contribution is -0.115. The molecule has 0 spiro atoms. The molecule has 2 aromatic heterocycles. The summed E-state index contributed by atoms with van der Waals surface area (Å²) < 4.78 is 15.8. The van der Waals surface area contributed by atoms with E-state index in [1.165, 1.54) is 28.9 Å². The molecule has 1 saturated heterocycles. The maximum atomic E-state index is 14.3. The summed E-state index contributed by atoms with van der Waals surface area (Å²) in [6.07, 6.45) is 4.91. The number of hydrogen-bond acceptors (Lipinski definition) is 8. The summed E-state index contributed by atoms with van der Waals surface area (Å²) in [5, 5.41) is 23.8. The Labute approximate surface area is 174 Å². The van der Waals surface area contributed by atoms with Gasteiger partial charge >= 0.3 is 6.03 Å². The molecular weight excluding hydrogens is 405 g/mol. The molecular formula is C19H14FN9O2. The van der Waals surface area contributed by atoms with Crippen molar-refractivity contribution in [3.63, 3.8) is 0 Å². The first-order valence-corrected chi connectivity index (χ1v) is 9.33. The van der Waals surface area contributed by atoms with Crippen molar-refractivity contribution in [2.24, 2.45) is 0 Å². The van der Waals surface area contributed by atoms with E-state index in [0.29, 0.717) is 17.2 Å². The number of halogens is 1. The Morgan fingerprint density at radius 2 is 2.10 bits per heavy atom. The summed E-state index contributed by atoms with van der Waals surface area (Å²) in [5.74, 6) is -0.693. The number of fused-ring (bicyclic) bond motifs is 1. The summed E-state index contributed by atoms with van der Waals surface area (Å²) in [5.41, 5.74) is 1.15. The fourth-order valence-electron chi connectivity index (χ4n) is 3.00. The Morgan fingerprint density at radius 3 is 2.77 bits per heavy atom. The van der Waals surface area contributed by atoms with Gasteiger partial charge in [-0.3, -0.25) is 10.1 Å². The van der Waals surface area contributed by atoms with E-state index in [-0.39, 0.29) is 28.9 Å². The zero-order chi connectivity index (χ0) is 21.5. The van der Waals surface area contributed by atoms with E-state index in [0.717, 1.165) is 18.9 Å². The van der Waals surface area contributed by atoms with E-state index in [9.17, 15) is 14.0 Å². The molecule has 3 heterocycles. The number of imide groups is 1. The molecule has 31 heavy (non-hydrogen) atoms. The van der Waals surface area contributed by atoms with E-state index in [1.54, 1.807) is 0 Å². The number of nitrogens with one attached hydrogen (secondary N) is 4. The summed E-state index contributed by atoms with van der Waals surface area (Å²) in [6.45, 7) is 0. The zero-order valence-electron chi connectivity index (χ0n) is 15.8. The Hall–Kier alpha value is -4.53. The number of carbonyl (C=O) groups is 2. The van der Waals surface area contributed by atoms with Crippen LogP contribution in [0.1, 0.15) is 24.0 Å². The molecule has 2 fully saturated rings. The average Bonchev–Trinajstić information content (AvgIpc) is 3.38. The van der Waals surface area contributed by atoms with Crippen LogP contribution in [0.3, 0.4) is 0 Å². The monoisotopic (exact) mass is 419 g/mol. The van der Waals surface area contributed by atoms with Crippen molar-refractivity contribution < 1.29 is 14.0 Å². The third-order valence-electron chi connectivity index (χ3n) is 4.67. The lowest BCUT2D eigenvalue weighted by Gasteiger charge is -2.11. The number of aromatic nitrogens is 4. The van der Waals surface area contributed by atoms with Crippen molar-refractivity contribution in [2.45, 2.75) is 18.9 Å². The summed E-state index contributed by atoms with van der Waals surface area (Å²) in [7, 11) is 0. The molecule has 12 heteroatoms. The highest BCUT2D eigenvalue weighted by molar-refractivity contribution is 6.14. The molecule has 3 amide bonds. The van der Waals surface area contributed by atoms with Crippen molar-refractivity contribution in [1.29, 1.82) is 5.26 Å². The van der Waals surface area contributed by atoms with Crippen LogP contribution in [-0.4, -0.2) is 37.6 Å². The minimum atomic E-state index is -0.625. The third-order valence-corrected chi connectivity index (χ3v) is 4.67. The molecule has 0 unspecified atom stereocenters. The first kappa shape index (κ1) is 18.5. The number of anilines is 3. The van der Waals surface area contributed by atoms with Gasteiger partial charge in [0.1, 0.15) is 11.5 Å². The van der Waals surface area contributed by atoms with E-state index in [1.807, 2.05) is 6.07 Å². The second-order valence-electron chi connectivity index (χ2n) is 7.02. The molecule has 0 radical (unpaired) electrons. The van der Waals surface area contributed by atoms with Gasteiger partial charge in [0, 0.05) is 11.6 Å². The van der Waals surface area contributed by atoms with Gasteiger partial charge in [-0.25, -0.2) is 9.18 Å². The molecule has 3 aromatic rings. The minimum Gasteiger partial charge on any atom is -0.351 e. The molecule has 1 aliphatic heterocycles. The largest absolute Gasteiger partial charge is 0.351 e. The van der Waals surface area contributed by atoms with Gasteiger partial charge in [-0.1, -0.05) is 0 Å². The molecule has 1 aromatic carbocycles. The van der Waals surface area contributed by atoms with Crippen LogP contribution in [0.25, 0.3) is 11.7 Å². The van der Waals surface area contributed by atoms with Crippen molar-refractivity contribution >= 4 is 41.2 Å². The van der Waals surface area contributed by atoms with Crippen LogP contribution in [-0.2, 0) is 4.79 Å². The van der Waals surface area contributed by atoms with E-state index in [2.05, 4.69) is 36.3 Å². The molecule has 4 N–H and O–H groups in total.